The fraction of sp³-hybridized carbons (Fsp3) is 0.769. The number of rotatable bonds is 1. The summed E-state index contributed by atoms with van der Waals surface area (Å²) in [6.45, 7) is 4.76. The van der Waals surface area contributed by atoms with Gasteiger partial charge in [-0.25, -0.2) is 0 Å². The van der Waals surface area contributed by atoms with E-state index in [1.54, 1.807) is 0 Å². The minimum absolute atomic E-state index is 0.0851. The van der Waals surface area contributed by atoms with Gasteiger partial charge in [-0.15, -0.1) is 0 Å². The van der Waals surface area contributed by atoms with Crippen molar-refractivity contribution in [2.75, 3.05) is 6.54 Å². The number of aliphatic imine (C=N–C) groups is 1. The summed E-state index contributed by atoms with van der Waals surface area (Å²) in [5, 5.41) is 0. The van der Waals surface area contributed by atoms with Gasteiger partial charge in [-0.05, 0) is 24.7 Å². The van der Waals surface area contributed by atoms with Crippen LogP contribution in [0.5, 0.6) is 0 Å². The van der Waals surface area contributed by atoms with Gasteiger partial charge in [0.05, 0.1) is 0 Å². The normalized spacial score (nSPS) is 26.8. The van der Waals surface area contributed by atoms with Crippen molar-refractivity contribution in [1.29, 1.82) is 0 Å². The maximum absolute atomic E-state index is 12.0. The molecule has 0 aromatic rings. The zero-order valence-corrected chi connectivity index (χ0v) is 10.1. The van der Waals surface area contributed by atoms with E-state index in [-0.39, 0.29) is 17.0 Å². The smallest absolute Gasteiger partial charge is 0.149 e. The van der Waals surface area contributed by atoms with Gasteiger partial charge in [-0.3, -0.25) is 14.6 Å². The van der Waals surface area contributed by atoms with Crippen LogP contribution >= 0.6 is 0 Å². The third-order valence-electron chi connectivity index (χ3n) is 3.44. The van der Waals surface area contributed by atoms with Gasteiger partial charge in [0.15, 0.2) is 0 Å². The van der Waals surface area contributed by atoms with E-state index in [0.717, 1.165) is 31.5 Å². The maximum Gasteiger partial charge on any atom is 0.149 e. The highest BCUT2D eigenvalue weighted by Gasteiger charge is 2.41. The van der Waals surface area contributed by atoms with Crippen LogP contribution in [0.3, 0.4) is 0 Å². The SMILES string of the molecule is CC1(C)CC(=O)C(C2=NCCCC2)C(=O)C1. The molecule has 0 aromatic heterocycles. The summed E-state index contributed by atoms with van der Waals surface area (Å²) in [6.07, 6.45) is 4.02. The zero-order valence-electron chi connectivity index (χ0n) is 10.1. The summed E-state index contributed by atoms with van der Waals surface area (Å²) in [6, 6.07) is 0. The minimum Gasteiger partial charge on any atom is -0.298 e. The van der Waals surface area contributed by atoms with Gasteiger partial charge >= 0.3 is 0 Å². The van der Waals surface area contributed by atoms with Crippen LogP contribution in [0.1, 0.15) is 46.0 Å². The molecule has 1 saturated carbocycles. The molecular weight excluding hydrogens is 202 g/mol. The Bertz CT molecular complexity index is 335. The molecule has 0 amide bonds. The summed E-state index contributed by atoms with van der Waals surface area (Å²) in [5.41, 5.74) is 0.705. The molecule has 0 aromatic carbocycles. The summed E-state index contributed by atoms with van der Waals surface area (Å²) < 4.78 is 0. The van der Waals surface area contributed by atoms with Crippen molar-refractivity contribution in [3.05, 3.63) is 0 Å². The van der Waals surface area contributed by atoms with Crippen LogP contribution in [0, 0.1) is 11.3 Å². The summed E-state index contributed by atoms with van der Waals surface area (Å²) in [5.74, 6) is -0.322. The van der Waals surface area contributed by atoms with Gasteiger partial charge in [0, 0.05) is 25.1 Å². The number of nitrogens with zero attached hydrogens (tertiary/aromatic N) is 1. The standard InChI is InChI=1S/C13H19NO2/c1-13(2)7-10(15)12(11(16)8-13)9-5-3-4-6-14-9/h12H,3-8H2,1-2H3. The lowest BCUT2D eigenvalue weighted by Crippen LogP contribution is -2.42. The van der Waals surface area contributed by atoms with Gasteiger partial charge in [-0.2, -0.15) is 0 Å². The molecule has 1 aliphatic carbocycles. The van der Waals surface area contributed by atoms with Crippen molar-refractivity contribution in [2.24, 2.45) is 16.3 Å². The molecule has 88 valence electrons. The van der Waals surface area contributed by atoms with E-state index in [2.05, 4.69) is 4.99 Å². The van der Waals surface area contributed by atoms with Crippen molar-refractivity contribution in [3.8, 4) is 0 Å². The van der Waals surface area contributed by atoms with Crippen LogP contribution in [-0.2, 0) is 9.59 Å². The van der Waals surface area contributed by atoms with Crippen molar-refractivity contribution in [1.82, 2.24) is 0 Å². The Morgan fingerprint density at radius 2 is 1.75 bits per heavy atom. The largest absolute Gasteiger partial charge is 0.298 e. The number of carbonyl (C=O) groups excluding carboxylic acids is 2. The Morgan fingerprint density at radius 3 is 2.25 bits per heavy atom. The molecule has 0 saturated heterocycles. The average molecular weight is 221 g/mol. The number of hydrogen-bond acceptors (Lipinski definition) is 3. The highest BCUT2D eigenvalue weighted by atomic mass is 16.2. The first-order valence-corrected chi connectivity index (χ1v) is 6.08. The lowest BCUT2D eigenvalue weighted by Gasteiger charge is -2.33. The van der Waals surface area contributed by atoms with E-state index in [0.29, 0.717) is 12.8 Å². The van der Waals surface area contributed by atoms with Gasteiger partial charge in [-0.1, -0.05) is 13.8 Å². The van der Waals surface area contributed by atoms with E-state index >= 15 is 0 Å². The molecule has 1 fully saturated rings. The molecule has 1 heterocycles. The molecule has 0 atom stereocenters. The topological polar surface area (TPSA) is 46.5 Å². The van der Waals surface area contributed by atoms with Crippen molar-refractivity contribution in [3.63, 3.8) is 0 Å². The first-order chi connectivity index (χ1) is 7.49. The number of Topliss-reactive ketones (excluding diaryl/α,β-unsaturated/α-hetero) is 2. The Balaban J connectivity index is 2.19. The molecule has 16 heavy (non-hydrogen) atoms. The predicted molar refractivity (Wildman–Crippen MR) is 62.7 cm³/mol. The van der Waals surface area contributed by atoms with Crippen LogP contribution in [0.15, 0.2) is 4.99 Å². The van der Waals surface area contributed by atoms with E-state index in [1.165, 1.54) is 0 Å². The Labute approximate surface area is 96.3 Å². The minimum atomic E-state index is -0.492. The van der Waals surface area contributed by atoms with E-state index < -0.39 is 5.92 Å². The summed E-state index contributed by atoms with van der Waals surface area (Å²) in [7, 11) is 0. The van der Waals surface area contributed by atoms with Crippen molar-refractivity contribution in [2.45, 2.75) is 46.0 Å². The van der Waals surface area contributed by atoms with Crippen molar-refractivity contribution < 1.29 is 9.59 Å². The molecule has 0 unspecified atom stereocenters. The fourth-order valence-corrected chi connectivity index (χ4v) is 2.72. The quantitative estimate of drug-likeness (QED) is 0.637. The predicted octanol–water partition coefficient (Wildman–Crippen LogP) is 2.19. The Morgan fingerprint density at radius 1 is 1.12 bits per heavy atom. The fourth-order valence-electron chi connectivity index (χ4n) is 2.72. The zero-order chi connectivity index (χ0) is 11.8. The monoisotopic (exact) mass is 221 g/mol. The molecule has 0 radical (unpaired) electrons. The maximum atomic E-state index is 12.0. The molecule has 3 heteroatoms. The van der Waals surface area contributed by atoms with Gasteiger partial charge in [0.25, 0.3) is 0 Å². The van der Waals surface area contributed by atoms with Crippen LogP contribution in [-0.4, -0.2) is 23.8 Å². The molecule has 3 nitrogen and oxygen atoms in total. The first-order valence-electron chi connectivity index (χ1n) is 6.08. The highest BCUT2D eigenvalue weighted by Crippen LogP contribution is 2.35. The Kier molecular flexibility index (Phi) is 2.96. The van der Waals surface area contributed by atoms with E-state index in [1.807, 2.05) is 13.8 Å². The lowest BCUT2D eigenvalue weighted by molar-refractivity contribution is -0.136. The molecule has 2 aliphatic rings. The van der Waals surface area contributed by atoms with E-state index in [4.69, 9.17) is 0 Å². The molecule has 0 spiro atoms. The second-order valence-corrected chi connectivity index (χ2v) is 5.71. The number of carbonyl (C=O) groups is 2. The van der Waals surface area contributed by atoms with E-state index in [9.17, 15) is 9.59 Å². The second kappa shape index (κ2) is 4.11. The van der Waals surface area contributed by atoms with Crippen LogP contribution in [0.4, 0.5) is 0 Å². The molecular formula is C13H19NO2. The molecule has 0 N–H and O–H groups in total. The molecule has 2 rings (SSSR count). The van der Waals surface area contributed by atoms with Crippen LogP contribution < -0.4 is 0 Å². The van der Waals surface area contributed by atoms with Crippen LogP contribution in [0.2, 0.25) is 0 Å². The summed E-state index contributed by atoms with van der Waals surface area (Å²) >= 11 is 0. The second-order valence-electron chi connectivity index (χ2n) is 5.71. The van der Waals surface area contributed by atoms with Crippen molar-refractivity contribution >= 4 is 17.3 Å². The lowest BCUT2D eigenvalue weighted by atomic mass is 9.69. The summed E-state index contributed by atoms with van der Waals surface area (Å²) in [4.78, 5) is 28.4. The number of ketones is 2. The van der Waals surface area contributed by atoms with Gasteiger partial charge < -0.3 is 0 Å². The molecule has 1 aliphatic heterocycles. The first kappa shape index (κ1) is 11.5. The number of hydrogen-bond donors (Lipinski definition) is 0. The third-order valence-corrected chi connectivity index (χ3v) is 3.44. The highest BCUT2D eigenvalue weighted by molar-refractivity contribution is 6.22. The Hall–Kier alpha value is -0.990. The average Bonchev–Trinajstić information content (AvgIpc) is 2.16. The van der Waals surface area contributed by atoms with Gasteiger partial charge in [0.1, 0.15) is 17.5 Å². The van der Waals surface area contributed by atoms with Gasteiger partial charge in [0.2, 0.25) is 0 Å². The van der Waals surface area contributed by atoms with Crippen LogP contribution in [0.25, 0.3) is 0 Å². The third kappa shape index (κ3) is 2.23. The molecule has 0 bridgehead atoms.